The van der Waals surface area contributed by atoms with Gasteiger partial charge in [0.05, 0.1) is 18.0 Å². The predicted octanol–water partition coefficient (Wildman–Crippen LogP) is -0.145. The molecule has 1 aliphatic rings. The van der Waals surface area contributed by atoms with Gasteiger partial charge in [0, 0.05) is 12.1 Å². The lowest BCUT2D eigenvalue weighted by atomic mass is 9.80. The minimum Gasteiger partial charge on any atom is -0.423 e. The van der Waals surface area contributed by atoms with Gasteiger partial charge in [0.15, 0.2) is 0 Å². The quantitative estimate of drug-likeness (QED) is 0.589. The van der Waals surface area contributed by atoms with Gasteiger partial charge >= 0.3 is 7.12 Å². The van der Waals surface area contributed by atoms with Gasteiger partial charge < -0.3 is 26.0 Å². The number of amides is 1. The maximum absolute atomic E-state index is 11.3. The molecule has 0 atom stereocenters. The molecule has 2 aromatic rings. The molecule has 1 amide bonds. The van der Waals surface area contributed by atoms with E-state index in [-0.39, 0.29) is 0 Å². The second kappa shape index (κ2) is 5.71. The standard InChI is InChI=1S/C15H16BN3O3/c17-15(20)11-3-6-13-14(7-11)19(9-18-13)8-10-1-4-12(5-2-10)16(21)22/h1-7,18,21-22H,8-9H2,(H2,17,20). The zero-order valence-electron chi connectivity index (χ0n) is 11.9. The summed E-state index contributed by atoms with van der Waals surface area (Å²) >= 11 is 0. The molecule has 7 heteroatoms. The number of hydrogen-bond acceptors (Lipinski definition) is 5. The topological polar surface area (TPSA) is 98.8 Å². The lowest BCUT2D eigenvalue weighted by molar-refractivity contribution is 0.100. The number of nitrogens with one attached hydrogen (secondary N) is 1. The Bertz CT molecular complexity index is 704. The molecule has 0 fully saturated rings. The Morgan fingerprint density at radius 1 is 1.23 bits per heavy atom. The van der Waals surface area contributed by atoms with Crippen molar-refractivity contribution in [3.8, 4) is 0 Å². The third kappa shape index (κ3) is 2.76. The van der Waals surface area contributed by atoms with E-state index in [0.29, 0.717) is 24.2 Å². The molecule has 5 N–H and O–H groups in total. The Morgan fingerprint density at radius 2 is 1.95 bits per heavy atom. The van der Waals surface area contributed by atoms with E-state index in [9.17, 15) is 4.79 Å². The van der Waals surface area contributed by atoms with Gasteiger partial charge in [-0.3, -0.25) is 4.79 Å². The SMILES string of the molecule is NC(=O)c1ccc2c(c1)N(Cc1ccc(B(O)O)cc1)CN2. The highest BCUT2D eigenvalue weighted by Crippen LogP contribution is 2.33. The van der Waals surface area contributed by atoms with E-state index < -0.39 is 13.0 Å². The van der Waals surface area contributed by atoms with Gasteiger partial charge in [0.1, 0.15) is 0 Å². The summed E-state index contributed by atoms with van der Waals surface area (Å²) in [6.45, 7) is 1.28. The monoisotopic (exact) mass is 297 g/mol. The van der Waals surface area contributed by atoms with Crippen LogP contribution in [0.4, 0.5) is 11.4 Å². The lowest BCUT2D eigenvalue weighted by Gasteiger charge is -2.18. The zero-order chi connectivity index (χ0) is 15.7. The first-order valence-electron chi connectivity index (χ1n) is 6.92. The van der Waals surface area contributed by atoms with E-state index in [1.54, 1.807) is 24.3 Å². The number of nitrogens with zero attached hydrogens (tertiary/aromatic N) is 1. The number of benzene rings is 2. The number of carbonyl (C=O) groups excluding carboxylic acids is 1. The van der Waals surface area contributed by atoms with Gasteiger partial charge in [-0.2, -0.15) is 0 Å². The number of carbonyl (C=O) groups is 1. The number of rotatable bonds is 4. The number of nitrogens with two attached hydrogens (primary N) is 1. The van der Waals surface area contributed by atoms with Crippen LogP contribution in [0, 0.1) is 0 Å². The minimum absolute atomic E-state index is 0.448. The highest BCUT2D eigenvalue weighted by atomic mass is 16.4. The van der Waals surface area contributed by atoms with Crippen LogP contribution in [0.25, 0.3) is 0 Å². The summed E-state index contributed by atoms with van der Waals surface area (Å²) in [5.74, 6) is -0.448. The smallest absolute Gasteiger partial charge is 0.423 e. The summed E-state index contributed by atoms with van der Waals surface area (Å²) in [6, 6.07) is 12.4. The molecule has 1 aliphatic heterocycles. The Balaban J connectivity index is 1.81. The largest absolute Gasteiger partial charge is 0.488 e. The van der Waals surface area contributed by atoms with E-state index >= 15 is 0 Å². The van der Waals surface area contributed by atoms with E-state index in [0.717, 1.165) is 16.9 Å². The van der Waals surface area contributed by atoms with Crippen LogP contribution in [0.3, 0.4) is 0 Å². The summed E-state index contributed by atoms with van der Waals surface area (Å²) < 4.78 is 0. The number of primary amides is 1. The molecule has 0 radical (unpaired) electrons. The highest BCUT2D eigenvalue weighted by Gasteiger charge is 2.20. The Hall–Kier alpha value is -2.51. The molecule has 0 bridgehead atoms. The normalized spacial score (nSPS) is 12.7. The van der Waals surface area contributed by atoms with Gasteiger partial charge in [-0.05, 0) is 29.2 Å². The summed E-state index contributed by atoms with van der Waals surface area (Å²) in [7, 11) is -1.46. The average Bonchev–Trinajstić information content (AvgIpc) is 2.90. The minimum atomic E-state index is -1.46. The Morgan fingerprint density at radius 3 is 2.59 bits per heavy atom. The molecule has 22 heavy (non-hydrogen) atoms. The van der Waals surface area contributed by atoms with E-state index in [2.05, 4.69) is 10.2 Å². The third-order valence-corrected chi connectivity index (χ3v) is 3.73. The number of hydrogen-bond donors (Lipinski definition) is 4. The van der Waals surface area contributed by atoms with Crippen molar-refractivity contribution in [3.05, 3.63) is 53.6 Å². The predicted molar refractivity (Wildman–Crippen MR) is 85.9 cm³/mol. The molecule has 0 spiro atoms. The van der Waals surface area contributed by atoms with Crippen molar-refractivity contribution in [1.82, 2.24) is 0 Å². The molecule has 0 saturated heterocycles. The molecule has 0 unspecified atom stereocenters. The first kappa shape index (κ1) is 14.4. The fourth-order valence-electron chi connectivity index (χ4n) is 2.52. The van der Waals surface area contributed by atoms with Crippen LogP contribution in [0.5, 0.6) is 0 Å². The van der Waals surface area contributed by atoms with Crippen molar-refractivity contribution in [3.63, 3.8) is 0 Å². The van der Waals surface area contributed by atoms with Gasteiger partial charge in [-0.25, -0.2) is 0 Å². The van der Waals surface area contributed by atoms with Crippen LogP contribution in [0.15, 0.2) is 42.5 Å². The van der Waals surface area contributed by atoms with Crippen LogP contribution in [-0.2, 0) is 6.54 Å². The molecule has 6 nitrogen and oxygen atoms in total. The molecular formula is C15H16BN3O3. The van der Waals surface area contributed by atoms with E-state index in [1.807, 2.05) is 18.2 Å². The third-order valence-electron chi connectivity index (χ3n) is 3.73. The molecule has 0 aliphatic carbocycles. The van der Waals surface area contributed by atoms with Crippen LogP contribution in [0.2, 0.25) is 0 Å². The summed E-state index contributed by atoms with van der Waals surface area (Å²) in [5, 5.41) is 21.5. The van der Waals surface area contributed by atoms with Gasteiger partial charge in [-0.15, -0.1) is 0 Å². The molecule has 3 rings (SSSR count). The average molecular weight is 297 g/mol. The zero-order valence-corrected chi connectivity index (χ0v) is 11.9. The van der Waals surface area contributed by atoms with E-state index in [1.165, 1.54) is 0 Å². The molecule has 112 valence electrons. The van der Waals surface area contributed by atoms with Gasteiger partial charge in [0.2, 0.25) is 5.91 Å². The molecule has 0 aromatic heterocycles. The number of anilines is 2. The van der Waals surface area contributed by atoms with Crippen molar-refractivity contribution >= 4 is 29.9 Å². The molecule has 2 aromatic carbocycles. The second-order valence-corrected chi connectivity index (χ2v) is 5.24. The van der Waals surface area contributed by atoms with Crippen LogP contribution in [0.1, 0.15) is 15.9 Å². The number of fused-ring (bicyclic) bond motifs is 1. The Labute approximate surface area is 128 Å². The maximum atomic E-state index is 11.3. The lowest BCUT2D eigenvalue weighted by Crippen LogP contribution is -2.30. The molecular weight excluding hydrogens is 281 g/mol. The summed E-state index contributed by atoms with van der Waals surface area (Å²) in [4.78, 5) is 13.4. The van der Waals surface area contributed by atoms with Crippen molar-refractivity contribution in [1.29, 1.82) is 0 Å². The van der Waals surface area contributed by atoms with Crippen LogP contribution < -0.4 is 21.4 Å². The van der Waals surface area contributed by atoms with Crippen LogP contribution in [-0.4, -0.2) is 29.7 Å². The van der Waals surface area contributed by atoms with Gasteiger partial charge in [0.25, 0.3) is 0 Å². The fourth-order valence-corrected chi connectivity index (χ4v) is 2.52. The first-order valence-corrected chi connectivity index (χ1v) is 6.92. The highest BCUT2D eigenvalue weighted by molar-refractivity contribution is 6.58. The maximum Gasteiger partial charge on any atom is 0.488 e. The molecule has 0 saturated carbocycles. The Kier molecular flexibility index (Phi) is 3.74. The second-order valence-electron chi connectivity index (χ2n) is 5.24. The molecule has 1 heterocycles. The van der Waals surface area contributed by atoms with Gasteiger partial charge in [-0.1, -0.05) is 24.3 Å². The summed E-state index contributed by atoms with van der Waals surface area (Å²) in [5.41, 5.74) is 9.19. The summed E-state index contributed by atoms with van der Waals surface area (Å²) in [6.07, 6.45) is 0. The van der Waals surface area contributed by atoms with Crippen molar-refractivity contribution in [2.45, 2.75) is 6.54 Å². The first-order chi connectivity index (χ1) is 10.5. The van der Waals surface area contributed by atoms with Crippen molar-refractivity contribution < 1.29 is 14.8 Å². The fraction of sp³-hybridized carbons (Fsp3) is 0.133. The van der Waals surface area contributed by atoms with Crippen LogP contribution >= 0.6 is 0 Å². The van der Waals surface area contributed by atoms with E-state index in [4.69, 9.17) is 15.8 Å². The van der Waals surface area contributed by atoms with Crippen molar-refractivity contribution in [2.24, 2.45) is 5.73 Å². The van der Waals surface area contributed by atoms with Crippen molar-refractivity contribution in [2.75, 3.05) is 16.9 Å².